The number of halogens is 1. The molecule has 7 heteroatoms. The molecule has 0 bridgehead atoms. The van der Waals surface area contributed by atoms with Gasteiger partial charge in [-0.25, -0.2) is 9.18 Å². The summed E-state index contributed by atoms with van der Waals surface area (Å²) in [6, 6.07) is 1.13. The van der Waals surface area contributed by atoms with Crippen LogP contribution in [0.25, 0.3) is 0 Å². The third kappa shape index (κ3) is 5.51. The fourth-order valence-electron chi connectivity index (χ4n) is 2.93. The Morgan fingerprint density at radius 3 is 2.37 bits per heavy atom. The highest BCUT2D eigenvalue weighted by Gasteiger charge is 2.45. The van der Waals surface area contributed by atoms with Gasteiger partial charge in [0.25, 0.3) is 0 Å². The van der Waals surface area contributed by atoms with Crippen LogP contribution >= 0.6 is 0 Å². The monoisotopic (exact) mass is 396 g/mol. The molecule has 0 unspecified atom stereocenters. The van der Waals surface area contributed by atoms with Gasteiger partial charge in [0.1, 0.15) is 11.4 Å². The molecule has 1 fully saturated rings. The van der Waals surface area contributed by atoms with Crippen molar-refractivity contribution in [2.24, 2.45) is 0 Å². The van der Waals surface area contributed by atoms with Gasteiger partial charge >= 0.3 is 6.09 Å². The van der Waals surface area contributed by atoms with E-state index in [2.05, 4.69) is 38.8 Å². The quantitative estimate of drug-likeness (QED) is 0.651. The number of ether oxygens (including phenoxy) is 1. The van der Waals surface area contributed by atoms with Crippen LogP contribution in [0.3, 0.4) is 0 Å². The highest BCUT2D eigenvalue weighted by atomic mass is 28.4. The van der Waals surface area contributed by atoms with E-state index in [1.54, 1.807) is 11.1 Å². The number of rotatable bonds is 3. The maximum Gasteiger partial charge on any atom is 0.410 e. The van der Waals surface area contributed by atoms with Crippen LogP contribution in [0.1, 0.15) is 59.6 Å². The lowest BCUT2D eigenvalue weighted by atomic mass is 10.1. The molecule has 0 radical (unpaired) electrons. The summed E-state index contributed by atoms with van der Waals surface area (Å²) < 4.78 is 25.8. The van der Waals surface area contributed by atoms with Crippen molar-refractivity contribution in [2.75, 3.05) is 6.54 Å². The van der Waals surface area contributed by atoms with E-state index in [0.717, 1.165) is 0 Å². The zero-order valence-corrected chi connectivity index (χ0v) is 18.8. The smallest absolute Gasteiger partial charge is 0.410 e. The van der Waals surface area contributed by atoms with Gasteiger partial charge in [-0.05, 0) is 57.0 Å². The van der Waals surface area contributed by atoms with Crippen molar-refractivity contribution in [3.05, 3.63) is 29.8 Å². The van der Waals surface area contributed by atoms with Crippen molar-refractivity contribution >= 4 is 14.4 Å². The van der Waals surface area contributed by atoms with Gasteiger partial charge in [-0.3, -0.25) is 9.88 Å². The van der Waals surface area contributed by atoms with Gasteiger partial charge in [-0.1, -0.05) is 20.8 Å². The van der Waals surface area contributed by atoms with Crippen LogP contribution in [0.5, 0.6) is 0 Å². The van der Waals surface area contributed by atoms with Gasteiger partial charge in [0.15, 0.2) is 8.32 Å². The molecular weight excluding hydrogens is 363 g/mol. The van der Waals surface area contributed by atoms with E-state index in [9.17, 15) is 9.18 Å². The minimum Gasteiger partial charge on any atom is -0.444 e. The average molecular weight is 397 g/mol. The minimum absolute atomic E-state index is 0.0717. The third-order valence-corrected chi connectivity index (χ3v) is 9.80. The molecule has 0 saturated carbocycles. The Kier molecular flexibility index (Phi) is 6.07. The number of nitrogens with zero attached hydrogens (tertiary/aromatic N) is 2. The minimum atomic E-state index is -1.99. The van der Waals surface area contributed by atoms with E-state index in [1.165, 1.54) is 12.3 Å². The second-order valence-electron chi connectivity index (χ2n) is 9.82. The van der Waals surface area contributed by atoms with E-state index < -0.39 is 25.8 Å². The van der Waals surface area contributed by atoms with Crippen LogP contribution in [0.2, 0.25) is 18.1 Å². The molecule has 1 amide bonds. The summed E-state index contributed by atoms with van der Waals surface area (Å²) in [5, 5.41) is 0.0717. The highest BCUT2D eigenvalue weighted by Crippen LogP contribution is 2.41. The molecule has 1 aliphatic heterocycles. The van der Waals surface area contributed by atoms with Crippen LogP contribution in [0.4, 0.5) is 9.18 Å². The van der Waals surface area contributed by atoms with Gasteiger partial charge in [-0.15, -0.1) is 0 Å². The molecule has 0 spiro atoms. The first-order chi connectivity index (χ1) is 12.2. The number of hydrogen-bond donors (Lipinski definition) is 0. The first-order valence-corrected chi connectivity index (χ1v) is 12.4. The molecule has 2 heterocycles. The fraction of sp³-hybridized carbons (Fsp3) is 0.700. The highest BCUT2D eigenvalue weighted by molar-refractivity contribution is 6.74. The average Bonchev–Trinajstić information content (AvgIpc) is 2.87. The Bertz CT molecular complexity index is 683. The van der Waals surface area contributed by atoms with Crippen molar-refractivity contribution in [3.8, 4) is 0 Å². The van der Waals surface area contributed by atoms with Gasteiger partial charge in [0, 0.05) is 12.7 Å². The summed E-state index contributed by atoms with van der Waals surface area (Å²) in [5.41, 5.74) is 0.0717. The summed E-state index contributed by atoms with van der Waals surface area (Å²) >= 11 is 0. The predicted octanol–water partition coefficient (Wildman–Crippen LogP) is 5.29. The van der Waals surface area contributed by atoms with Crippen molar-refractivity contribution < 1.29 is 18.3 Å². The van der Waals surface area contributed by atoms with Gasteiger partial charge in [0.05, 0.1) is 18.3 Å². The Labute approximate surface area is 163 Å². The van der Waals surface area contributed by atoms with Crippen LogP contribution in [-0.2, 0) is 9.16 Å². The van der Waals surface area contributed by atoms with E-state index in [0.29, 0.717) is 18.5 Å². The second kappa shape index (κ2) is 7.51. The molecule has 0 N–H and O–H groups in total. The summed E-state index contributed by atoms with van der Waals surface area (Å²) in [6.45, 7) is 16.9. The maximum absolute atomic E-state index is 13.7. The Hall–Kier alpha value is -1.47. The topological polar surface area (TPSA) is 51.7 Å². The zero-order valence-electron chi connectivity index (χ0n) is 17.8. The zero-order chi connectivity index (χ0) is 20.6. The lowest BCUT2D eigenvalue weighted by molar-refractivity contribution is 0.0208. The number of aromatic nitrogens is 1. The van der Waals surface area contributed by atoms with E-state index in [4.69, 9.17) is 9.16 Å². The summed E-state index contributed by atoms with van der Waals surface area (Å²) in [5.74, 6) is -0.412. The number of carbonyl (C=O) groups excluding carboxylic acids is 1. The largest absolute Gasteiger partial charge is 0.444 e. The van der Waals surface area contributed by atoms with E-state index in [1.807, 2.05) is 20.8 Å². The van der Waals surface area contributed by atoms with Crippen molar-refractivity contribution in [2.45, 2.75) is 83.8 Å². The number of likely N-dealkylation sites (tertiary alicyclic amines) is 1. The first-order valence-electron chi connectivity index (χ1n) is 9.47. The Morgan fingerprint density at radius 1 is 1.22 bits per heavy atom. The second-order valence-corrected chi connectivity index (χ2v) is 14.6. The van der Waals surface area contributed by atoms with Crippen LogP contribution in [0.15, 0.2) is 18.5 Å². The van der Waals surface area contributed by atoms with Crippen molar-refractivity contribution in [3.63, 3.8) is 0 Å². The predicted molar refractivity (Wildman–Crippen MR) is 107 cm³/mol. The molecule has 27 heavy (non-hydrogen) atoms. The molecule has 1 aromatic heterocycles. The molecule has 0 aliphatic carbocycles. The molecule has 2 rings (SSSR count). The molecule has 5 nitrogen and oxygen atoms in total. The van der Waals surface area contributed by atoms with Gasteiger partial charge in [-0.2, -0.15) is 0 Å². The van der Waals surface area contributed by atoms with Crippen LogP contribution in [-0.4, -0.2) is 42.5 Å². The normalized spacial score (nSPS) is 21.4. The SMILES string of the molecule is CC(C)(C)OC(=O)N1C[C@H](O[Si](C)(C)C(C)(C)C)C[C@H]1c1cncc(F)c1. The molecule has 152 valence electrons. The molecule has 1 aromatic rings. The summed E-state index contributed by atoms with van der Waals surface area (Å²) in [6.07, 6.45) is 2.88. The van der Waals surface area contributed by atoms with Gasteiger partial charge < -0.3 is 9.16 Å². The number of carbonyl (C=O) groups is 1. The van der Waals surface area contributed by atoms with Crippen LogP contribution < -0.4 is 0 Å². The number of pyridine rings is 1. The first kappa shape index (κ1) is 21.8. The number of hydrogen-bond acceptors (Lipinski definition) is 4. The lowest BCUT2D eigenvalue weighted by Crippen LogP contribution is -2.45. The molecule has 1 aliphatic rings. The standard InChI is InChI=1S/C20H33FN2O3Si/c1-19(2,3)25-18(24)23-13-16(26-27(7,8)20(4,5)6)10-17(23)14-9-15(21)12-22-11-14/h9,11-12,16-17H,10,13H2,1-8H3/t16-,17+/m1/s1. The Balaban J connectivity index is 2.27. The third-order valence-electron chi connectivity index (χ3n) is 5.27. The molecule has 0 aromatic carbocycles. The lowest BCUT2D eigenvalue weighted by Gasteiger charge is -2.38. The molecular formula is C20H33FN2O3Si. The maximum atomic E-state index is 13.7. The van der Waals surface area contributed by atoms with E-state index >= 15 is 0 Å². The molecule has 1 saturated heterocycles. The van der Waals surface area contributed by atoms with Crippen molar-refractivity contribution in [1.29, 1.82) is 0 Å². The van der Waals surface area contributed by atoms with Crippen LogP contribution in [0, 0.1) is 5.82 Å². The Morgan fingerprint density at radius 2 is 1.85 bits per heavy atom. The van der Waals surface area contributed by atoms with Crippen molar-refractivity contribution in [1.82, 2.24) is 9.88 Å². The fourth-order valence-corrected chi connectivity index (χ4v) is 4.28. The summed E-state index contributed by atoms with van der Waals surface area (Å²) in [7, 11) is -1.99. The molecule has 2 atom stereocenters. The van der Waals surface area contributed by atoms with Gasteiger partial charge in [0.2, 0.25) is 0 Å². The number of amides is 1. The van der Waals surface area contributed by atoms with E-state index in [-0.39, 0.29) is 17.2 Å². The summed E-state index contributed by atoms with van der Waals surface area (Å²) in [4.78, 5) is 18.4.